The van der Waals surface area contributed by atoms with Gasteiger partial charge in [-0.3, -0.25) is 9.59 Å². The monoisotopic (exact) mass is 283 g/mol. The maximum Gasteiger partial charge on any atom is 0.307 e. The fourth-order valence-electron chi connectivity index (χ4n) is 2.97. The first kappa shape index (κ1) is 17.0. The van der Waals surface area contributed by atoms with E-state index in [1.807, 2.05) is 4.90 Å². The summed E-state index contributed by atoms with van der Waals surface area (Å²) < 4.78 is 4.76. The van der Waals surface area contributed by atoms with Crippen LogP contribution in [0.4, 0.5) is 0 Å². The molecule has 0 aliphatic carbocycles. The molecular formula is C16H29NO3. The van der Waals surface area contributed by atoms with Crippen molar-refractivity contribution in [1.29, 1.82) is 0 Å². The third kappa shape index (κ3) is 4.80. The van der Waals surface area contributed by atoms with E-state index < -0.39 is 0 Å². The molecule has 2 unspecified atom stereocenters. The first-order valence-electron chi connectivity index (χ1n) is 8.01. The minimum absolute atomic E-state index is 0.0411. The van der Waals surface area contributed by atoms with Crippen LogP contribution in [0.15, 0.2) is 0 Å². The van der Waals surface area contributed by atoms with E-state index in [9.17, 15) is 9.59 Å². The number of methoxy groups -OCH3 is 1. The van der Waals surface area contributed by atoms with E-state index in [0.717, 1.165) is 51.5 Å². The Morgan fingerprint density at radius 3 is 2.65 bits per heavy atom. The number of carbonyl (C=O) groups excluding carboxylic acids is 2. The molecule has 0 spiro atoms. The molecule has 0 aromatic heterocycles. The number of piperidine rings is 1. The van der Waals surface area contributed by atoms with Crippen LogP contribution in [-0.2, 0) is 14.3 Å². The van der Waals surface area contributed by atoms with Crippen LogP contribution in [-0.4, -0.2) is 36.5 Å². The summed E-state index contributed by atoms with van der Waals surface area (Å²) in [6.07, 6.45) is 7.48. The zero-order chi connectivity index (χ0) is 15.0. The van der Waals surface area contributed by atoms with Crippen LogP contribution in [0.5, 0.6) is 0 Å². The van der Waals surface area contributed by atoms with E-state index in [1.54, 1.807) is 0 Å². The normalized spacial score (nSPS) is 20.6. The zero-order valence-corrected chi connectivity index (χ0v) is 13.2. The van der Waals surface area contributed by atoms with Gasteiger partial charge >= 0.3 is 5.97 Å². The lowest BCUT2D eigenvalue weighted by Gasteiger charge is -2.37. The van der Waals surface area contributed by atoms with Crippen molar-refractivity contribution in [2.75, 3.05) is 13.7 Å². The summed E-state index contributed by atoms with van der Waals surface area (Å²) in [6, 6.07) is 0.0411. The second kappa shape index (κ2) is 8.98. The minimum Gasteiger partial charge on any atom is -0.469 e. The summed E-state index contributed by atoms with van der Waals surface area (Å²) in [4.78, 5) is 26.1. The van der Waals surface area contributed by atoms with Crippen molar-refractivity contribution >= 4 is 11.9 Å². The lowest BCUT2D eigenvalue weighted by atomic mass is 9.93. The first-order valence-corrected chi connectivity index (χ1v) is 8.01. The number of hydrogen-bond donors (Lipinski definition) is 0. The molecule has 1 aliphatic rings. The van der Waals surface area contributed by atoms with Crippen molar-refractivity contribution in [3.63, 3.8) is 0 Å². The molecule has 0 saturated carbocycles. The van der Waals surface area contributed by atoms with E-state index >= 15 is 0 Å². The molecule has 20 heavy (non-hydrogen) atoms. The maximum atomic E-state index is 12.7. The van der Waals surface area contributed by atoms with Crippen LogP contribution >= 0.6 is 0 Å². The van der Waals surface area contributed by atoms with Crippen LogP contribution in [0.25, 0.3) is 0 Å². The Hall–Kier alpha value is -1.06. The molecule has 116 valence electrons. The lowest BCUT2D eigenvalue weighted by Crippen LogP contribution is -2.47. The molecule has 0 aromatic rings. The maximum absolute atomic E-state index is 12.7. The number of hydrogen-bond acceptors (Lipinski definition) is 3. The molecule has 1 aliphatic heterocycles. The Morgan fingerprint density at radius 1 is 1.30 bits per heavy atom. The van der Waals surface area contributed by atoms with E-state index in [2.05, 4.69) is 13.8 Å². The number of carbonyl (C=O) groups is 2. The van der Waals surface area contributed by atoms with Crippen molar-refractivity contribution in [2.24, 2.45) is 5.92 Å². The molecule has 1 saturated heterocycles. The first-order chi connectivity index (χ1) is 9.63. The molecule has 0 bridgehead atoms. The van der Waals surface area contributed by atoms with E-state index in [1.165, 1.54) is 7.11 Å². The number of rotatable bonds is 7. The van der Waals surface area contributed by atoms with E-state index in [0.29, 0.717) is 6.42 Å². The Balaban J connectivity index is 2.67. The highest BCUT2D eigenvalue weighted by Crippen LogP contribution is 2.25. The van der Waals surface area contributed by atoms with Crippen LogP contribution < -0.4 is 0 Å². The van der Waals surface area contributed by atoms with Crippen molar-refractivity contribution in [3.05, 3.63) is 0 Å². The summed E-state index contributed by atoms with van der Waals surface area (Å²) in [7, 11) is 1.41. The highest BCUT2D eigenvalue weighted by molar-refractivity contribution is 5.80. The third-order valence-electron chi connectivity index (χ3n) is 4.29. The van der Waals surface area contributed by atoms with Gasteiger partial charge in [0.25, 0.3) is 0 Å². The number of amides is 1. The number of esters is 1. The van der Waals surface area contributed by atoms with Crippen molar-refractivity contribution < 1.29 is 14.3 Å². The van der Waals surface area contributed by atoms with Crippen LogP contribution in [0.2, 0.25) is 0 Å². The lowest BCUT2D eigenvalue weighted by molar-refractivity contribution is -0.146. The molecule has 1 rings (SSSR count). The predicted octanol–water partition coefficient (Wildman–Crippen LogP) is 3.15. The van der Waals surface area contributed by atoms with Gasteiger partial charge in [-0.25, -0.2) is 0 Å². The standard InChI is InChI=1S/C16H29NO3/c1-4-6-9-13(5-2)16(19)17-11-8-7-10-14(17)12-15(18)20-3/h13-14H,4-12H2,1-3H3. The van der Waals surface area contributed by atoms with Gasteiger partial charge in [0.05, 0.1) is 13.5 Å². The van der Waals surface area contributed by atoms with Gasteiger partial charge in [-0.2, -0.15) is 0 Å². The topological polar surface area (TPSA) is 46.6 Å². The molecule has 4 nitrogen and oxygen atoms in total. The van der Waals surface area contributed by atoms with Gasteiger partial charge in [-0.1, -0.05) is 26.7 Å². The average Bonchev–Trinajstić information content (AvgIpc) is 2.48. The molecule has 0 radical (unpaired) electrons. The molecule has 4 heteroatoms. The molecule has 1 fully saturated rings. The second-order valence-electron chi connectivity index (χ2n) is 5.71. The second-order valence-corrected chi connectivity index (χ2v) is 5.71. The molecule has 2 atom stereocenters. The van der Waals surface area contributed by atoms with Crippen molar-refractivity contribution in [3.8, 4) is 0 Å². The Kier molecular flexibility index (Phi) is 7.63. The van der Waals surface area contributed by atoms with Gasteiger partial charge in [-0.05, 0) is 32.1 Å². The van der Waals surface area contributed by atoms with E-state index in [4.69, 9.17) is 4.74 Å². The zero-order valence-electron chi connectivity index (χ0n) is 13.2. The number of ether oxygens (including phenoxy) is 1. The van der Waals surface area contributed by atoms with Crippen molar-refractivity contribution in [2.45, 2.75) is 71.3 Å². The Bertz CT molecular complexity index is 317. The van der Waals surface area contributed by atoms with Gasteiger partial charge < -0.3 is 9.64 Å². The quantitative estimate of drug-likeness (QED) is 0.674. The molecular weight excluding hydrogens is 254 g/mol. The van der Waals surface area contributed by atoms with Gasteiger partial charge in [0.2, 0.25) is 5.91 Å². The highest BCUT2D eigenvalue weighted by Gasteiger charge is 2.31. The van der Waals surface area contributed by atoms with Gasteiger partial charge in [0.1, 0.15) is 0 Å². The summed E-state index contributed by atoms with van der Waals surface area (Å²) >= 11 is 0. The van der Waals surface area contributed by atoms with Crippen LogP contribution in [0, 0.1) is 5.92 Å². The molecule has 0 N–H and O–H groups in total. The fraction of sp³-hybridized carbons (Fsp3) is 0.875. The Morgan fingerprint density at radius 2 is 2.05 bits per heavy atom. The third-order valence-corrected chi connectivity index (χ3v) is 4.29. The number of unbranched alkanes of at least 4 members (excludes halogenated alkanes) is 1. The molecule has 1 amide bonds. The smallest absolute Gasteiger partial charge is 0.307 e. The number of likely N-dealkylation sites (tertiary alicyclic amines) is 1. The van der Waals surface area contributed by atoms with E-state index in [-0.39, 0.29) is 23.8 Å². The van der Waals surface area contributed by atoms with Crippen LogP contribution in [0.1, 0.15) is 65.2 Å². The Labute approximate surface area is 122 Å². The predicted molar refractivity (Wildman–Crippen MR) is 79.3 cm³/mol. The summed E-state index contributed by atoms with van der Waals surface area (Å²) in [5.74, 6) is 0.152. The SMILES string of the molecule is CCCCC(CC)C(=O)N1CCCCC1CC(=O)OC. The summed E-state index contributed by atoms with van der Waals surface area (Å²) in [5, 5.41) is 0. The fourth-order valence-corrected chi connectivity index (χ4v) is 2.97. The van der Waals surface area contributed by atoms with Crippen molar-refractivity contribution in [1.82, 2.24) is 4.90 Å². The highest BCUT2D eigenvalue weighted by atomic mass is 16.5. The number of nitrogens with zero attached hydrogens (tertiary/aromatic N) is 1. The minimum atomic E-state index is -0.212. The van der Waals surface area contributed by atoms with Gasteiger partial charge in [-0.15, -0.1) is 0 Å². The summed E-state index contributed by atoms with van der Waals surface area (Å²) in [5.41, 5.74) is 0. The molecule has 1 heterocycles. The summed E-state index contributed by atoms with van der Waals surface area (Å²) in [6.45, 7) is 5.03. The largest absolute Gasteiger partial charge is 0.469 e. The van der Waals surface area contributed by atoms with Gasteiger partial charge in [0, 0.05) is 18.5 Å². The average molecular weight is 283 g/mol. The van der Waals surface area contributed by atoms with Gasteiger partial charge in [0.15, 0.2) is 0 Å². The van der Waals surface area contributed by atoms with Crippen LogP contribution in [0.3, 0.4) is 0 Å². The molecule has 0 aromatic carbocycles.